The van der Waals surface area contributed by atoms with E-state index in [1.165, 1.54) is 16.3 Å². The van der Waals surface area contributed by atoms with Crippen molar-refractivity contribution < 1.29 is 4.79 Å². The molecule has 4 aromatic rings. The first-order valence-corrected chi connectivity index (χ1v) is 9.83. The number of thioether (sulfide) groups is 1. The van der Waals surface area contributed by atoms with Gasteiger partial charge >= 0.3 is 0 Å². The van der Waals surface area contributed by atoms with Crippen LogP contribution >= 0.6 is 11.8 Å². The zero-order valence-corrected chi connectivity index (χ0v) is 15.6. The van der Waals surface area contributed by atoms with Crippen LogP contribution in [0.25, 0.3) is 21.9 Å². The second-order valence-electron chi connectivity index (χ2n) is 6.29. The monoisotopic (exact) mass is 369 g/mol. The molecule has 1 amide bonds. The summed E-state index contributed by atoms with van der Waals surface area (Å²) in [5.41, 5.74) is 3.13. The highest BCUT2D eigenvalue weighted by Gasteiger charge is 2.05. The number of hydrogen-bond donors (Lipinski definition) is 1. The van der Waals surface area contributed by atoms with Crippen molar-refractivity contribution in [3.8, 4) is 11.1 Å². The summed E-state index contributed by atoms with van der Waals surface area (Å²) in [5, 5.41) is 5.37. The molecule has 4 aromatic carbocycles. The fourth-order valence-corrected chi connectivity index (χ4v) is 3.72. The summed E-state index contributed by atoms with van der Waals surface area (Å²) >= 11 is 1.55. The summed E-state index contributed by atoms with van der Waals surface area (Å²) < 4.78 is 0. The Labute approximate surface area is 163 Å². The zero-order valence-electron chi connectivity index (χ0n) is 14.8. The van der Waals surface area contributed by atoms with Crippen LogP contribution in [0.5, 0.6) is 0 Å². The van der Waals surface area contributed by atoms with E-state index in [2.05, 4.69) is 47.8 Å². The third-order valence-corrected chi connectivity index (χ3v) is 5.36. The second kappa shape index (κ2) is 8.11. The van der Waals surface area contributed by atoms with E-state index >= 15 is 0 Å². The lowest BCUT2D eigenvalue weighted by Gasteiger charge is -2.07. The van der Waals surface area contributed by atoms with Gasteiger partial charge in [0.15, 0.2) is 0 Å². The highest BCUT2D eigenvalue weighted by molar-refractivity contribution is 8.00. The molecule has 0 aromatic heterocycles. The third kappa shape index (κ3) is 4.39. The lowest BCUT2D eigenvalue weighted by Crippen LogP contribution is -2.13. The van der Waals surface area contributed by atoms with E-state index in [1.807, 2.05) is 54.6 Å². The molecule has 0 unspecified atom stereocenters. The van der Waals surface area contributed by atoms with Crippen molar-refractivity contribution in [1.82, 2.24) is 0 Å². The Morgan fingerprint density at radius 3 is 2.15 bits per heavy atom. The molecule has 3 heteroatoms. The SMILES string of the molecule is O=C(CSc1ccc2ccccc2c1)Nc1ccc(-c2ccccc2)cc1. The van der Waals surface area contributed by atoms with Gasteiger partial charge in [-0.15, -0.1) is 11.8 Å². The number of rotatable bonds is 5. The van der Waals surface area contributed by atoms with Crippen molar-refractivity contribution in [1.29, 1.82) is 0 Å². The molecule has 0 aliphatic carbocycles. The molecule has 0 aliphatic rings. The van der Waals surface area contributed by atoms with Crippen molar-refractivity contribution >= 4 is 34.1 Å². The maximum Gasteiger partial charge on any atom is 0.234 e. The standard InChI is InChI=1S/C24H19NOS/c26-24(17-27-23-15-12-19-8-4-5-9-21(19)16-23)25-22-13-10-20(11-14-22)18-6-2-1-3-7-18/h1-16H,17H2,(H,25,26). The molecule has 4 rings (SSSR count). The van der Waals surface area contributed by atoms with Gasteiger partial charge in [-0.25, -0.2) is 0 Å². The Bertz CT molecular complexity index is 1060. The van der Waals surface area contributed by atoms with Gasteiger partial charge in [-0.3, -0.25) is 4.79 Å². The lowest BCUT2D eigenvalue weighted by atomic mass is 10.1. The van der Waals surface area contributed by atoms with Gasteiger partial charge in [0.2, 0.25) is 5.91 Å². The van der Waals surface area contributed by atoms with Crippen LogP contribution in [0.15, 0.2) is 102 Å². The van der Waals surface area contributed by atoms with Gasteiger partial charge in [-0.05, 0) is 46.2 Å². The van der Waals surface area contributed by atoms with Crippen LogP contribution < -0.4 is 5.32 Å². The number of carbonyl (C=O) groups is 1. The quantitative estimate of drug-likeness (QED) is 0.422. The number of fused-ring (bicyclic) bond motifs is 1. The third-order valence-electron chi connectivity index (χ3n) is 4.37. The first-order valence-electron chi connectivity index (χ1n) is 8.85. The lowest BCUT2D eigenvalue weighted by molar-refractivity contribution is -0.113. The molecule has 0 radical (unpaired) electrons. The summed E-state index contributed by atoms with van der Waals surface area (Å²) in [4.78, 5) is 13.4. The van der Waals surface area contributed by atoms with E-state index in [4.69, 9.17) is 0 Å². The number of carbonyl (C=O) groups excluding carboxylic acids is 1. The van der Waals surface area contributed by atoms with E-state index in [9.17, 15) is 4.79 Å². The minimum atomic E-state index is 0.000574. The normalized spacial score (nSPS) is 10.7. The van der Waals surface area contributed by atoms with Gasteiger partial charge in [-0.2, -0.15) is 0 Å². The average molecular weight is 369 g/mol. The molecule has 132 valence electrons. The van der Waals surface area contributed by atoms with Crippen LogP contribution in [0.1, 0.15) is 0 Å². The number of amides is 1. The predicted molar refractivity (Wildman–Crippen MR) is 115 cm³/mol. The molecule has 1 N–H and O–H groups in total. The van der Waals surface area contributed by atoms with Crippen LogP contribution in [0.2, 0.25) is 0 Å². The molecule has 0 fully saturated rings. The minimum Gasteiger partial charge on any atom is -0.325 e. The Morgan fingerprint density at radius 1 is 0.704 bits per heavy atom. The molecule has 27 heavy (non-hydrogen) atoms. The first-order chi connectivity index (χ1) is 13.3. The van der Waals surface area contributed by atoms with Crippen molar-refractivity contribution in [2.24, 2.45) is 0 Å². The van der Waals surface area contributed by atoms with Gasteiger partial charge in [0.25, 0.3) is 0 Å². The summed E-state index contributed by atoms with van der Waals surface area (Å²) in [5.74, 6) is 0.388. The molecule has 2 nitrogen and oxygen atoms in total. The number of hydrogen-bond acceptors (Lipinski definition) is 2. The van der Waals surface area contributed by atoms with Crippen LogP contribution in [-0.2, 0) is 4.79 Å². The van der Waals surface area contributed by atoms with Crippen LogP contribution in [0.3, 0.4) is 0 Å². The molecule has 0 spiro atoms. The Balaban J connectivity index is 1.36. The molecule has 0 bridgehead atoms. The summed E-state index contributed by atoms with van der Waals surface area (Å²) in [6, 6.07) is 32.7. The van der Waals surface area contributed by atoms with Gasteiger partial charge in [-0.1, -0.05) is 72.8 Å². The van der Waals surface area contributed by atoms with E-state index < -0.39 is 0 Å². The van der Waals surface area contributed by atoms with E-state index in [1.54, 1.807) is 11.8 Å². The van der Waals surface area contributed by atoms with Crippen LogP contribution in [-0.4, -0.2) is 11.7 Å². The largest absolute Gasteiger partial charge is 0.325 e. The average Bonchev–Trinajstić information content (AvgIpc) is 2.73. The summed E-state index contributed by atoms with van der Waals surface area (Å²) in [6.07, 6.45) is 0. The Hall–Kier alpha value is -3.04. The maximum atomic E-state index is 12.3. The van der Waals surface area contributed by atoms with Crippen molar-refractivity contribution in [2.75, 3.05) is 11.1 Å². The van der Waals surface area contributed by atoms with Gasteiger partial charge in [0.05, 0.1) is 5.75 Å². The van der Waals surface area contributed by atoms with Crippen LogP contribution in [0.4, 0.5) is 5.69 Å². The van der Waals surface area contributed by atoms with Crippen LogP contribution in [0, 0.1) is 0 Å². The minimum absolute atomic E-state index is 0.000574. The van der Waals surface area contributed by atoms with Crippen molar-refractivity contribution in [3.63, 3.8) is 0 Å². The molecular weight excluding hydrogens is 350 g/mol. The number of benzene rings is 4. The van der Waals surface area contributed by atoms with E-state index in [0.29, 0.717) is 5.75 Å². The number of anilines is 1. The molecule has 0 atom stereocenters. The molecule has 0 saturated carbocycles. The van der Waals surface area contributed by atoms with Crippen molar-refractivity contribution in [2.45, 2.75) is 4.90 Å². The second-order valence-corrected chi connectivity index (χ2v) is 7.34. The fourth-order valence-electron chi connectivity index (χ4n) is 2.98. The first kappa shape index (κ1) is 17.4. The Morgan fingerprint density at radius 2 is 1.37 bits per heavy atom. The van der Waals surface area contributed by atoms with Gasteiger partial charge < -0.3 is 5.32 Å². The molecule has 0 heterocycles. The smallest absolute Gasteiger partial charge is 0.234 e. The number of nitrogens with one attached hydrogen (secondary N) is 1. The Kier molecular flexibility index (Phi) is 5.22. The van der Waals surface area contributed by atoms with Gasteiger partial charge in [0, 0.05) is 10.6 Å². The van der Waals surface area contributed by atoms with Crippen molar-refractivity contribution in [3.05, 3.63) is 97.1 Å². The molecule has 0 aliphatic heterocycles. The highest BCUT2D eigenvalue weighted by atomic mass is 32.2. The maximum absolute atomic E-state index is 12.3. The van der Waals surface area contributed by atoms with Gasteiger partial charge in [0.1, 0.15) is 0 Å². The molecule has 0 saturated heterocycles. The zero-order chi connectivity index (χ0) is 18.5. The summed E-state index contributed by atoms with van der Waals surface area (Å²) in [6.45, 7) is 0. The van der Waals surface area contributed by atoms with E-state index in [0.717, 1.165) is 16.1 Å². The molecular formula is C24H19NOS. The predicted octanol–water partition coefficient (Wildman–Crippen LogP) is 6.24. The van der Waals surface area contributed by atoms with E-state index in [-0.39, 0.29) is 5.91 Å². The highest BCUT2D eigenvalue weighted by Crippen LogP contribution is 2.24. The fraction of sp³-hybridized carbons (Fsp3) is 0.0417. The topological polar surface area (TPSA) is 29.1 Å². The summed E-state index contributed by atoms with van der Waals surface area (Å²) in [7, 11) is 0.